The fraction of sp³-hybridized carbons (Fsp3) is 0.316. The minimum absolute atomic E-state index is 0.00312. The Balaban J connectivity index is 1.49. The van der Waals surface area contributed by atoms with E-state index >= 15 is 0 Å². The van der Waals surface area contributed by atoms with E-state index in [4.69, 9.17) is 0 Å². The number of hydrogen-bond acceptors (Lipinski definition) is 24. The lowest BCUT2D eigenvalue weighted by molar-refractivity contribution is 0.278. The standard InChI is InChI=1S/C38H48N12O15S3/c51-17-11-48(12-18-52)36-43-33(39-27-7-9-30(10-8-27)66(57,58)59)42-34(44-36)40-28-5-3-25(31(23-28)67(60,61)62)1-2-26-4-6-29(24-32(26)68(63,64)65)41-35-45-37(49(13-19-53)14-20-54)47-38(46-35)50(15-21-55)16-22-56/h1-10,23-24,51-56H,11-22H2,(H,57,58,59)(H,60,61,62)(H,63,64,65)(H,41,45,46,47)(H2,39,40,42,43,44)/b2-1+. The zero-order valence-corrected chi connectivity index (χ0v) is 38.1. The Labute approximate surface area is 389 Å². The second kappa shape index (κ2) is 23.6. The summed E-state index contributed by atoms with van der Waals surface area (Å²) in [7, 11) is -14.5. The van der Waals surface area contributed by atoms with E-state index in [1.807, 2.05) is 0 Å². The van der Waals surface area contributed by atoms with E-state index in [2.05, 4.69) is 45.9 Å². The number of nitrogens with zero attached hydrogens (tertiary/aromatic N) is 9. The van der Waals surface area contributed by atoms with E-state index in [-0.39, 0.29) is 148 Å². The number of aliphatic hydroxyl groups excluding tert-OH is 6. The van der Waals surface area contributed by atoms with E-state index < -0.39 is 40.1 Å². The average Bonchev–Trinajstić information content (AvgIpc) is 3.27. The smallest absolute Gasteiger partial charge is 0.295 e. The lowest BCUT2D eigenvalue weighted by Crippen LogP contribution is -2.34. The zero-order valence-electron chi connectivity index (χ0n) is 35.6. The summed E-state index contributed by atoms with van der Waals surface area (Å²) in [5, 5.41) is 66.2. The van der Waals surface area contributed by atoms with Crippen molar-refractivity contribution in [3.8, 4) is 0 Å². The molecular weight excluding hydrogens is 961 g/mol. The van der Waals surface area contributed by atoms with Gasteiger partial charge >= 0.3 is 0 Å². The summed E-state index contributed by atoms with van der Waals surface area (Å²) in [4.78, 5) is 28.5. The van der Waals surface area contributed by atoms with Gasteiger partial charge in [-0.25, -0.2) is 0 Å². The van der Waals surface area contributed by atoms with Crippen molar-refractivity contribution < 1.29 is 69.6 Å². The Morgan fingerprint density at radius 1 is 0.412 bits per heavy atom. The van der Waals surface area contributed by atoms with Crippen LogP contribution >= 0.6 is 0 Å². The van der Waals surface area contributed by atoms with Crippen molar-refractivity contribution in [2.24, 2.45) is 0 Å². The SMILES string of the molecule is O=S(=O)(O)c1ccc(Nc2nc(Nc3ccc(/C=C/c4ccc(Nc5nc(N(CCO)CCO)nc(N(CCO)CCO)n5)cc4S(=O)(=O)O)c(S(=O)(=O)O)c3)nc(N(CCO)CCO)n2)cc1. The molecule has 2 heterocycles. The summed E-state index contributed by atoms with van der Waals surface area (Å²) in [5.41, 5.74) is -0.0200. The van der Waals surface area contributed by atoms with Crippen LogP contribution < -0.4 is 30.7 Å². The molecule has 0 fully saturated rings. The number of rotatable bonds is 26. The Kier molecular flexibility index (Phi) is 18.3. The van der Waals surface area contributed by atoms with Gasteiger partial charge in [0.05, 0.1) is 44.5 Å². The molecule has 0 amide bonds. The second-order valence-corrected chi connectivity index (χ2v) is 18.2. The van der Waals surface area contributed by atoms with Crippen LogP contribution in [0.5, 0.6) is 0 Å². The topological polar surface area (TPSA) is 408 Å². The number of hydrogen-bond donors (Lipinski definition) is 12. The summed E-state index contributed by atoms with van der Waals surface area (Å²) in [6, 6.07) is 12.1. The van der Waals surface area contributed by atoms with E-state index in [9.17, 15) is 69.6 Å². The molecule has 368 valence electrons. The fourth-order valence-electron chi connectivity index (χ4n) is 6.19. The Bertz CT molecular complexity index is 2830. The van der Waals surface area contributed by atoms with E-state index in [0.717, 1.165) is 36.4 Å². The van der Waals surface area contributed by atoms with Gasteiger partial charge in [0.2, 0.25) is 35.7 Å². The van der Waals surface area contributed by atoms with E-state index in [1.165, 1.54) is 51.1 Å². The Hall–Kier alpha value is -6.29. The van der Waals surface area contributed by atoms with Crippen molar-refractivity contribution in [2.75, 3.05) is 110 Å². The maximum atomic E-state index is 12.7. The molecule has 0 aliphatic heterocycles. The molecule has 68 heavy (non-hydrogen) atoms. The molecule has 0 spiro atoms. The maximum absolute atomic E-state index is 12.7. The predicted octanol–water partition coefficient (Wildman–Crippen LogP) is -0.429. The van der Waals surface area contributed by atoms with Crippen LogP contribution in [0.25, 0.3) is 12.2 Å². The second-order valence-electron chi connectivity index (χ2n) is 14.0. The van der Waals surface area contributed by atoms with Gasteiger partial charge in [0.25, 0.3) is 30.4 Å². The van der Waals surface area contributed by atoms with Crippen LogP contribution in [-0.2, 0) is 30.4 Å². The van der Waals surface area contributed by atoms with Gasteiger partial charge in [-0.2, -0.15) is 55.2 Å². The van der Waals surface area contributed by atoms with Gasteiger partial charge in [-0.3, -0.25) is 13.7 Å². The van der Waals surface area contributed by atoms with Crippen molar-refractivity contribution in [3.05, 3.63) is 71.8 Å². The molecule has 0 aliphatic carbocycles. The number of nitrogens with one attached hydrogen (secondary N) is 3. The lowest BCUT2D eigenvalue weighted by Gasteiger charge is -2.25. The van der Waals surface area contributed by atoms with Gasteiger partial charge in [0.15, 0.2) is 0 Å². The van der Waals surface area contributed by atoms with Crippen LogP contribution in [0.15, 0.2) is 75.4 Å². The molecule has 12 N–H and O–H groups in total. The summed E-state index contributed by atoms with van der Waals surface area (Å²) < 4.78 is 104. The van der Waals surface area contributed by atoms with Gasteiger partial charge in [0.1, 0.15) is 9.79 Å². The van der Waals surface area contributed by atoms with Crippen LogP contribution in [0.1, 0.15) is 11.1 Å². The van der Waals surface area contributed by atoms with Gasteiger partial charge in [-0.1, -0.05) is 24.3 Å². The normalized spacial score (nSPS) is 12.0. The summed E-state index contributed by atoms with van der Waals surface area (Å²) in [6.45, 7) is -2.20. The number of benzene rings is 3. The predicted molar refractivity (Wildman–Crippen MR) is 246 cm³/mol. The Morgan fingerprint density at radius 3 is 1.04 bits per heavy atom. The van der Waals surface area contributed by atoms with Crippen molar-refractivity contribution in [1.82, 2.24) is 29.9 Å². The van der Waals surface area contributed by atoms with E-state index in [0.29, 0.717) is 0 Å². The minimum Gasteiger partial charge on any atom is -0.395 e. The molecule has 0 radical (unpaired) electrons. The first-order valence-electron chi connectivity index (χ1n) is 20.0. The first-order valence-corrected chi connectivity index (χ1v) is 24.3. The van der Waals surface area contributed by atoms with Gasteiger partial charge in [-0.05, 0) is 59.7 Å². The molecule has 27 nitrogen and oxygen atoms in total. The first kappa shape index (κ1) is 52.7. The van der Waals surface area contributed by atoms with Crippen LogP contribution in [0.4, 0.5) is 52.8 Å². The number of anilines is 9. The molecule has 0 atom stereocenters. The fourth-order valence-corrected chi connectivity index (χ4v) is 8.09. The minimum atomic E-state index is -5.01. The highest BCUT2D eigenvalue weighted by molar-refractivity contribution is 7.86. The zero-order chi connectivity index (χ0) is 49.6. The van der Waals surface area contributed by atoms with Gasteiger partial charge in [0, 0.05) is 56.3 Å². The third-order valence-corrected chi connectivity index (χ3v) is 11.9. The molecular formula is C38H48N12O15S3. The summed E-state index contributed by atoms with van der Waals surface area (Å²) in [5.74, 6) is -0.659. The molecule has 0 saturated heterocycles. The third-order valence-electron chi connectivity index (χ3n) is 9.25. The van der Waals surface area contributed by atoms with Crippen molar-refractivity contribution in [3.63, 3.8) is 0 Å². The molecule has 0 bridgehead atoms. The molecule has 0 saturated carbocycles. The molecule has 2 aromatic heterocycles. The van der Waals surface area contributed by atoms with Crippen molar-refractivity contribution in [1.29, 1.82) is 0 Å². The number of aromatic nitrogens is 6. The highest BCUT2D eigenvalue weighted by Gasteiger charge is 2.22. The Morgan fingerprint density at radius 2 is 0.721 bits per heavy atom. The quantitative estimate of drug-likeness (QED) is 0.0247. The van der Waals surface area contributed by atoms with Crippen LogP contribution in [0.2, 0.25) is 0 Å². The largest absolute Gasteiger partial charge is 0.395 e. The van der Waals surface area contributed by atoms with Gasteiger partial charge in [-0.15, -0.1) is 0 Å². The maximum Gasteiger partial charge on any atom is 0.295 e. The summed E-state index contributed by atoms with van der Waals surface area (Å²) >= 11 is 0. The monoisotopic (exact) mass is 1010 g/mol. The molecule has 30 heteroatoms. The molecule has 3 aromatic carbocycles. The third kappa shape index (κ3) is 14.6. The van der Waals surface area contributed by atoms with Crippen LogP contribution in [-0.4, -0.2) is 178 Å². The van der Waals surface area contributed by atoms with E-state index in [1.54, 1.807) is 0 Å². The lowest BCUT2D eigenvalue weighted by atomic mass is 10.1. The van der Waals surface area contributed by atoms with Crippen molar-refractivity contribution in [2.45, 2.75) is 14.7 Å². The number of aliphatic hydroxyl groups is 6. The van der Waals surface area contributed by atoms with Crippen LogP contribution in [0, 0.1) is 0 Å². The highest BCUT2D eigenvalue weighted by atomic mass is 32.2. The molecule has 5 rings (SSSR count). The highest BCUT2D eigenvalue weighted by Crippen LogP contribution is 2.29. The molecule has 5 aromatic rings. The van der Waals surface area contributed by atoms with Crippen molar-refractivity contribution >= 4 is 95.3 Å². The molecule has 0 unspecified atom stereocenters. The van der Waals surface area contributed by atoms with Crippen LogP contribution in [0.3, 0.4) is 0 Å². The molecule has 0 aliphatic rings. The average molecular weight is 1010 g/mol. The first-order chi connectivity index (χ1) is 32.3. The summed E-state index contributed by atoms with van der Waals surface area (Å²) in [6.07, 6.45) is 2.31. The van der Waals surface area contributed by atoms with Gasteiger partial charge < -0.3 is 61.3 Å².